The summed E-state index contributed by atoms with van der Waals surface area (Å²) in [6.07, 6.45) is -2.34. The van der Waals surface area contributed by atoms with Crippen LogP contribution < -0.4 is 9.47 Å². The Kier molecular flexibility index (Phi) is 6.46. The van der Waals surface area contributed by atoms with Crippen LogP contribution in [-0.4, -0.2) is 30.7 Å². The highest BCUT2D eigenvalue weighted by Crippen LogP contribution is 2.20. The summed E-state index contributed by atoms with van der Waals surface area (Å²) in [5.74, 6) is -0.00212. The van der Waals surface area contributed by atoms with Crippen molar-refractivity contribution in [1.29, 1.82) is 0 Å². The van der Waals surface area contributed by atoms with Gasteiger partial charge in [-0.2, -0.15) is 0 Å². The van der Waals surface area contributed by atoms with Gasteiger partial charge in [0.2, 0.25) is 0 Å². The van der Waals surface area contributed by atoms with Gasteiger partial charge in [-0.15, -0.1) is 0 Å². The first-order valence-electron chi connectivity index (χ1n) is 7.86. The van der Waals surface area contributed by atoms with E-state index in [1.807, 2.05) is 0 Å². The molecule has 2 aromatic rings. The molecular weight excluding hydrogens is 408 g/mol. The summed E-state index contributed by atoms with van der Waals surface area (Å²) < 4.78 is 19.8. The molecule has 152 valence electrons. The van der Waals surface area contributed by atoms with Crippen LogP contribution in [0.3, 0.4) is 0 Å². The molecule has 0 bridgehead atoms. The Balaban J connectivity index is 1.88. The quantitative estimate of drug-likeness (QED) is 0.219. The average Bonchev–Trinajstić information content (AvgIpc) is 2.61. The van der Waals surface area contributed by atoms with Gasteiger partial charge in [-0.3, -0.25) is 20.2 Å². The number of hydrogen-bond donors (Lipinski definition) is 0. The zero-order chi connectivity index (χ0) is 21.6. The van der Waals surface area contributed by atoms with Crippen molar-refractivity contribution in [3.63, 3.8) is 0 Å². The van der Waals surface area contributed by atoms with Gasteiger partial charge in [0.25, 0.3) is 11.4 Å². The predicted molar refractivity (Wildman–Crippen MR) is 97.9 cm³/mol. The van der Waals surface area contributed by atoms with Crippen LogP contribution in [-0.2, 0) is 8.85 Å². The number of carbonyl (C=O) groups excluding carboxylic acids is 2. The molecule has 0 aliphatic carbocycles. The van der Waals surface area contributed by atoms with Gasteiger partial charge in [-0.25, -0.2) is 9.59 Å². The number of hydrogen-bond acceptors (Lipinski definition) is 10. The number of non-ortho nitro benzene ring substituents is 2. The lowest BCUT2D eigenvalue weighted by atomic mass is 10.3. The Morgan fingerprint density at radius 1 is 0.724 bits per heavy atom. The second-order valence-electron chi connectivity index (χ2n) is 5.81. The van der Waals surface area contributed by atoms with Gasteiger partial charge in [0.15, 0.2) is 0 Å². The molecule has 0 amide bonds. The van der Waals surface area contributed by atoms with Crippen molar-refractivity contribution in [2.45, 2.75) is 13.1 Å². The van der Waals surface area contributed by atoms with Crippen LogP contribution in [0.15, 0.2) is 48.5 Å². The molecular formula is C16H14N2O10Si. The second-order valence-corrected chi connectivity index (χ2v) is 9.02. The summed E-state index contributed by atoms with van der Waals surface area (Å²) in [7, 11) is -3.36. The Labute approximate surface area is 164 Å². The monoisotopic (exact) mass is 422 g/mol. The molecule has 0 saturated heterocycles. The maximum Gasteiger partial charge on any atom is 0.502 e. The van der Waals surface area contributed by atoms with Crippen LogP contribution in [0.5, 0.6) is 11.5 Å². The van der Waals surface area contributed by atoms with Gasteiger partial charge in [0, 0.05) is 37.4 Å². The fraction of sp³-hybridized carbons (Fsp3) is 0.125. The van der Waals surface area contributed by atoms with E-state index in [4.69, 9.17) is 18.3 Å². The van der Waals surface area contributed by atoms with Gasteiger partial charge in [0.05, 0.1) is 9.85 Å². The zero-order valence-corrected chi connectivity index (χ0v) is 16.1. The molecule has 0 fully saturated rings. The Morgan fingerprint density at radius 2 is 1.03 bits per heavy atom. The third kappa shape index (κ3) is 6.58. The summed E-state index contributed by atoms with van der Waals surface area (Å²) in [5.41, 5.74) is -0.365. The molecule has 29 heavy (non-hydrogen) atoms. The van der Waals surface area contributed by atoms with E-state index in [1.54, 1.807) is 0 Å². The minimum atomic E-state index is -3.36. The van der Waals surface area contributed by atoms with E-state index in [0.29, 0.717) is 0 Å². The molecule has 0 aliphatic heterocycles. The van der Waals surface area contributed by atoms with Crippen LogP contribution in [0, 0.1) is 20.2 Å². The molecule has 13 heteroatoms. The Hall–Kier alpha value is -4.00. The van der Waals surface area contributed by atoms with E-state index in [1.165, 1.54) is 37.4 Å². The normalized spacial score (nSPS) is 10.6. The van der Waals surface area contributed by atoms with Crippen LogP contribution in [0.2, 0.25) is 13.1 Å². The fourth-order valence-electron chi connectivity index (χ4n) is 1.93. The summed E-state index contributed by atoms with van der Waals surface area (Å²) >= 11 is 0. The zero-order valence-electron chi connectivity index (χ0n) is 15.1. The van der Waals surface area contributed by atoms with Crippen molar-refractivity contribution in [3.8, 4) is 11.5 Å². The molecule has 0 unspecified atom stereocenters. The fourth-order valence-corrected chi connectivity index (χ4v) is 2.86. The van der Waals surface area contributed by atoms with Crippen molar-refractivity contribution in [2.75, 3.05) is 0 Å². The third-order valence-corrected chi connectivity index (χ3v) is 4.47. The lowest BCUT2D eigenvalue weighted by molar-refractivity contribution is -0.385. The minimum absolute atomic E-state index is 0.00106. The minimum Gasteiger partial charge on any atom is -0.453 e. The SMILES string of the molecule is C[Si](C)(OC(=O)Oc1ccc([N+](=O)[O-])cc1)OC(=O)Oc1ccc([N+](=O)[O-])cc1. The molecule has 0 aliphatic rings. The highest BCUT2D eigenvalue weighted by Gasteiger charge is 2.35. The van der Waals surface area contributed by atoms with Gasteiger partial charge >= 0.3 is 20.9 Å². The molecule has 0 saturated carbocycles. The van der Waals surface area contributed by atoms with Crippen molar-refractivity contribution in [2.24, 2.45) is 0 Å². The van der Waals surface area contributed by atoms with Gasteiger partial charge in [-0.05, 0) is 24.3 Å². The van der Waals surface area contributed by atoms with E-state index in [2.05, 4.69) is 0 Å². The molecule has 2 aromatic carbocycles. The van der Waals surface area contributed by atoms with Crippen molar-refractivity contribution >= 4 is 32.2 Å². The largest absolute Gasteiger partial charge is 0.502 e. The van der Waals surface area contributed by atoms with Crippen molar-refractivity contribution in [1.82, 2.24) is 0 Å². The Bertz CT molecular complexity index is 852. The smallest absolute Gasteiger partial charge is 0.453 e. The van der Waals surface area contributed by atoms with Crippen LogP contribution >= 0.6 is 0 Å². The van der Waals surface area contributed by atoms with E-state index in [0.717, 1.165) is 24.3 Å². The standard InChI is InChI=1S/C16H14N2O10Si/c1-29(2,27-15(19)25-13-7-3-11(4-8-13)17(21)22)28-16(20)26-14-9-5-12(6-10-14)18(23)24/h3-10H,1-2H3. The van der Waals surface area contributed by atoms with E-state index in [-0.39, 0.29) is 22.9 Å². The molecule has 0 heterocycles. The van der Waals surface area contributed by atoms with E-state index < -0.39 is 30.7 Å². The second kappa shape index (κ2) is 8.79. The van der Waals surface area contributed by atoms with Crippen LogP contribution in [0.4, 0.5) is 21.0 Å². The summed E-state index contributed by atoms with van der Waals surface area (Å²) in [6.45, 7) is 2.75. The first-order chi connectivity index (χ1) is 13.6. The van der Waals surface area contributed by atoms with E-state index >= 15 is 0 Å². The van der Waals surface area contributed by atoms with Crippen LogP contribution in [0.1, 0.15) is 0 Å². The topological polar surface area (TPSA) is 157 Å². The molecule has 0 spiro atoms. The van der Waals surface area contributed by atoms with Gasteiger partial charge < -0.3 is 18.3 Å². The number of nitrogens with zero attached hydrogens (tertiary/aromatic N) is 2. The first-order valence-corrected chi connectivity index (χ1v) is 10.7. The molecule has 0 aromatic heterocycles. The number of nitro benzene ring substituents is 2. The summed E-state index contributed by atoms with van der Waals surface area (Å²) in [6, 6.07) is 9.39. The van der Waals surface area contributed by atoms with E-state index in [9.17, 15) is 29.8 Å². The van der Waals surface area contributed by atoms with Crippen molar-refractivity contribution in [3.05, 3.63) is 68.8 Å². The number of nitro groups is 2. The third-order valence-electron chi connectivity index (χ3n) is 3.16. The van der Waals surface area contributed by atoms with Gasteiger partial charge in [0.1, 0.15) is 11.5 Å². The molecule has 12 nitrogen and oxygen atoms in total. The number of benzene rings is 2. The number of carbonyl (C=O) groups is 2. The lowest BCUT2D eigenvalue weighted by Crippen LogP contribution is -2.41. The molecule has 0 radical (unpaired) electrons. The highest BCUT2D eigenvalue weighted by atomic mass is 28.4. The Morgan fingerprint density at radius 3 is 1.31 bits per heavy atom. The first kappa shape index (κ1) is 21.3. The molecule has 0 N–H and O–H groups in total. The number of ether oxygens (including phenoxy) is 2. The highest BCUT2D eigenvalue weighted by molar-refractivity contribution is 6.67. The van der Waals surface area contributed by atoms with Gasteiger partial charge in [-0.1, -0.05) is 0 Å². The molecule has 0 atom stereocenters. The number of rotatable bonds is 6. The summed E-state index contributed by atoms with van der Waals surface area (Å²) in [4.78, 5) is 43.7. The maximum absolute atomic E-state index is 11.8. The molecule has 2 rings (SSSR count). The summed E-state index contributed by atoms with van der Waals surface area (Å²) in [5, 5.41) is 21.2. The van der Waals surface area contributed by atoms with Crippen molar-refractivity contribution < 1.29 is 37.8 Å². The predicted octanol–water partition coefficient (Wildman–Crippen LogP) is 3.94. The van der Waals surface area contributed by atoms with Crippen LogP contribution in [0.25, 0.3) is 0 Å². The maximum atomic E-state index is 11.8. The average molecular weight is 422 g/mol. The lowest BCUT2D eigenvalue weighted by Gasteiger charge is -2.21.